The lowest BCUT2D eigenvalue weighted by molar-refractivity contribution is -0.170. The number of rotatable bonds is 2. The number of nitrogens with one attached hydrogen (secondary N) is 3. The number of pyridine rings is 1. The summed E-state index contributed by atoms with van der Waals surface area (Å²) in [6, 6.07) is 7.74. The molecule has 11 heteroatoms. The van der Waals surface area contributed by atoms with Crippen molar-refractivity contribution in [1.82, 2.24) is 26.1 Å². The molecule has 1 aromatic carbocycles. The minimum atomic E-state index is -1.25. The molecule has 1 saturated heterocycles. The Morgan fingerprint density at radius 1 is 1.07 bits per heavy atom. The van der Waals surface area contributed by atoms with Crippen molar-refractivity contribution < 1.29 is 29.0 Å². The lowest BCUT2D eigenvalue weighted by Crippen LogP contribution is -2.61. The molecule has 1 aromatic heterocycles. The molecule has 4 rings (SSSR count). The van der Waals surface area contributed by atoms with Crippen molar-refractivity contribution in [2.24, 2.45) is 11.3 Å². The Balaban J connectivity index is 1.68. The fraction of sp³-hybridized carbons (Fsp3) is 0.567. The summed E-state index contributed by atoms with van der Waals surface area (Å²) in [5.41, 5.74) is 4.13. The number of nitrogens with zero attached hydrogens (tertiary/aromatic N) is 2. The first-order valence-electron chi connectivity index (χ1n) is 14.3. The molecule has 3 heterocycles. The number of amides is 3. The lowest BCUT2D eigenvalue weighted by Gasteiger charge is -2.35. The van der Waals surface area contributed by atoms with E-state index in [0.29, 0.717) is 31.5 Å². The lowest BCUT2D eigenvalue weighted by atomic mass is 9.84. The molecule has 0 spiro atoms. The summed E-state index contributed by atoms with van der Waals surface area (Å²) >= 11 is 0. The Hall–Kier alpha value is -3.57. The molecule has 5 unspecified atom stereocenters. The Morgan fingerprint density at radius 3 is 2.49 bits per heavy atom. The molecule has 2 aromatic rings. The first-order valence-corrected chi connectivity index (χ1v) is 14.3. The highest BCUT2D eigenvalue weighted by Crippen LogP contribution is 2.28. The van der Waals surface area contributed by atoms with Crippen LogP contribution in [-0.2, 0) is 30.3 Å². The number of hydrazine groups is 1. The molecule has 1 fully saturated rings. The molecular weight excluding hydrogens is 526 g/mol. The average molecular weight is 568 g/mol. The number of hydrogen-bond acceptors (Lipinski definition) is 8. The van der Waals surface area contributed by atoms with Gasteiger partial charge in [0, 0.05) is 11.9 Å². The van der Waals surface area contributed by atoms with Crippen LogP contribution in [0.5, 0.6) is 0 Å². The number of carbonyl (C=O) groups excluding carboxylic acids is 4. The number of ether oxygens (including phenoxy) is 1. The Labute approximate surface area is 240 Å². The maximum absolute atomic E-state index is 13.3. The second kappa shape index (κ2) is 12.5. The molecule has 0 radical (unpaired) electrons. The number of cyclic esters (lactones) is 1. The molecule has 222 valence electrons. The predicted octanol–water partition coefficient (Wildman–Crippen LogP) is 1.92. The van der Waals surface area contributed by atoms with Crippen LogP contribution in [-0.4, -0.2) is 70.1 Å². The summed E-state index contributed by atoms with van der Waals surface area (Å²) < 4.78 is 5.68. The summed E-state index contributed by atoms with van der Waals surface area (Å²) in [6.07, 6.45) is 0.744. The number of aryl methyl sites for hydroxylation is 1. The second-order valence-electron chi connectivity index (χ2n) is 11.8. The smallest absolute Gasteiger partial charge is 0.314 e. The van der Waals surface area contributed by atoms with Gasteiger partial charge in [-0.15, -0.1) is 0 Å². The summed E-state index contributed by atoms with van der Waals surface area (Å²) in [5.74, 6) is -2.32. The van der Waals surface area contributed by atoms with Crippen molar-refractivity contribution in [2.75, 3.05) is 13.2 Å². The van der Waals surface area contributed by atoms with Crippen LogP contribution < -0.4 is 16.1 Å². The molecule has 4 N–H and O–H groups in total. The molecule has 3 amide bonds. The van der Waals surface area contributed by atoms with Crippen molar-refractivity contribution in [3.05, 3.63) is 41.6 Å². The third-order valence-corrected chi connectivity index (χ3v) is 7.98. The van der Waals surface area contributed by atoms with Gasteiger partial charge in [0.25, 0.3) is 11.8 Å². The van der Waals surface area contributed by atoms with Gasteiger partial charge in [-0.05, 0) is 70.1 Å². The van der Waals surface area contributed by atoms with E-state index in [1.165, 1.54) is 5.01 Å². The van der Waals surface area contributed by atoms with Crippen molar-refractivity contribution >= 4 is 34.6 Å². The number of carbonyl (C=O) groups is 4. The van der Waals surface area contributed by atoms with Crippen LogP contribution in [0.2, 0.25) is 0 Å². The minimum absolute atomic E-state index is 0.247. The topological polar surface area (TPSA) is 150 Å². The Bertz CT molecular complexity index is 1320. The van der Waals surface area contributed by atoms with Gasteiger partial charge < -0.3 is 20.5 Å². The monoisotopic (exact) mass is 567 g/mol. The largest absolute Gasteiger partial charge is 0.451 e. The molecular formula is C30H41N5O6. The number of benzene rings is 1. The first-order chi connectivity index (χ1) is 19.4. The molecule has 5 atom stereocenters. The van der Waals surface area contributed by atoms with Gasteiger partial charge >= 0.3 is 5.97 Å². The summed E-state index contributed by atoms with van der Waals surface area (Å²) in [7, 11) is 0. The molecule has 2 aliphatic heterocycles. The van der Waals surface area contributed by atoms with Gasteiger partial charge in [-0.1, -0.05) is 32.0 Å². The van der Waals surface area contributed by atoms with Gasteiger partial charge in [0.1, 0.15) is 12.1 Å². The molecule has 41 heavy (non-hydrogen) atoms. The third kappa shape index (κ3) is 6.84. The maximum atomic E-state index is 13.3. The zero-order valence-electron chi connectivity index (χ0n) is 24.4. The number of aliphatic hydroxyl groups is 1. The highest BCUT2D eigenvalue weighted by atomic mass is 16.6. The van der Waals surface area contributed by atoms with Crippen LogP contribution in [0.15, 0.2) is 30.3 Å². The van der Waals surface area contributed by atoms with Crippen molar-refractivity contribution in [3.8, 4) is 0 Å². The van der Waals surface area contributed by atoms with E-state index < -0.39 is 48.0 Å². The van der Waals surface area contributed by atoms with Crippen molar-refractivity contribution in [1.29, 1.82) is 0 Å². The van der Waals surface area contributed by atoms with E-state index in [2.05, 4.69) is 16.1 Å². The number of aromatic nitrogens is 1. The average Bonchev–Trinajstić information content (AvgIpc) is 2.96. The number of fused-ring (bicyclic) bond motifs is 4. The van der Waals surface area contributed by atoms with Crippen LogP contribution in [0.1, 0.15) is 71.2 Å². The summed E-state index contributed by atoms with van der Waals surface area (Å²) in [4.78, 5) is 57.7. The van der Waals surface area contributed by atoms with Gasteiger partial charge in [-0.25, -0.2) is 5.43 Å². The van der Waals surface area contributed by atoms with Crippen LogP contribution in [0.4, 0.5) is 0 Å². The Kier molecular flexibility index (Phi) is 9.28. The normalized spacial score (nSPS) is 28.8. The van der Waals surface area contributed by atoms with Gasteiger partial charge in [0.2, 0.25) is 5.91 Å². The second-order valence-corrected chi connectivity index (χ2v) is 11.8. The zero-order chi connectivity index (χ0) is 29.9. The van der Waals surface area contributed by atoms with Gasteiger partial charge in [0.15, 0.2) is 6.10 Å². The third-order valence-electron chi connectivity index (χ3n) is 7.98. The van der Waals surface area contributed by atoms with E-state index >= 15 is 0 Å². The van der Waals surface area contributed by atoms with E-state index in [9.17, 15) is 24.3 Å². The molecule has 2 aliphatic rings. The van der Waals surface area contributed by atoms with E-state index in [1.54, 1.807) is 27.7 Å². The van der Waals surface area contributed by atoms with Crippen molar-refractivity contribution in [2.45, 2.75) is 84.5 Å². The Morgan fingerprint density at radius 2 is 1.78 bits per heavy atom. The highest BCUT2D eigenvalue weighted by molar-refractivity contribution is 5.91. The van der Waals surface area contributed by atoms with E-state index in [4.69, 9.17) is 9.72 Å². The quantitative estimate of drug-likeness (QED) is 0.402. The van der Waals surface area contributed by atoms with Crippen LogP contribution in [0, 0.1) is 11.3 Å². The maximum Gasteiger partial charge on any atom is 0.314 e. The number of hydrogen-bond donors (Lipinski definition) is 4. The van der Waals surface area contributed by atoms with E-state index in [-0.39, 0.29) is 24.3 Å². The zero-order valence-corrected chi connectivity index (χ0v) is 24.4. The molecule has 0 saturated carbocycles. The summed E-state index contributed by atoms with van der Waals surface area (Å²) in [5, 5.41) is 18.2. The predicted molar refractivity (Wildman–Crippen MR) is 152 cm³/mol. The molecule has 11 nitrogen and oxygen atoms in total. The van der Waals surface area contributed by atoms with Crippen LogP contribution >= 0.6 is 0 Å². The number of aliphatic hydroxyl groups excluding tert-OH is 1. The first kappa shape index (κ1) is 30.4. The van der Waals surface area contributed by atoms with E-state index in [1.807, 2.05) is 37.3 Å². The molecule has 0 aliphatic carbocycles. The standard InChI is InChI=1S/C30H41N5O6/c1-17(2)25-27(38)32-19(4)28(39)35-14-6-7-23(34-35)26(37)31-18(3)22-11-10-21-9-8-20(15-24(21)33-22)12-13-30(5,16-36)29(40)41-25/h8-11,15,17-19,23,25,34,36H,6-7,12-14,16H2,1-5H3,(H,31,37)(H,32,38). The fourth-order valence-electron chi connectivity index (χ4n) is 5.10. The highest BCUT2D eigenvalue weighted by Gasteiger charge is 2.39. The van der Waals surface area contributed by atoms with Gasteiger partial charge in [0.05, 0.1) is 29.3 Å². The minimum Gasteiger partial charge on any atom is -0.451 e. The SMILES string of the molecule is CC1NC(=O)C(C(C)C)OC(=O)C(C)(CO)CCc2ccc3ccc(nc3c2)C(C)NC(=O)C2CCCN(N2)C1=O. The van der Waals surface area contributed by atoms with E-state index in [0.717, 1.165) is 16.5 Å². The van der Waals surface area contributed by atoms with Gasteiger partial charge in [-0.3, -0.25) is 29.2 Å². The van der Waals surface area contributed by atoms with Crippen LogP contribution in [0.25, 0.3) is 10.9 Å². The number of esters is 1. The van der Waals surface area contributed by atoms with Crippen molar-refractivity contribution in [3.63, 3.8) is 0 Å². The van der Waals surface area contributed by atoms with Gasteiger partial charge in [-0.2, -0.15) is 0 Å². The fourth-order valence-corrected chi connectivity index (χ4v) is 5.10. The summed E-state index contributed by atoms with van der Waals surface area (Å²) in [6.45, 7) is 8.44. The van der Waals surface area contributed by atoms with Crippen LogP contribution in [0.3, 0.4) is 0 Å². The molecule has 5 bridgehead atoms.